The number of aromatic nitrogens is 3. The number of hydrogen-bond acceptors (Lipinski definition) is 3. The largest absolute Gasteiger partial charge is 0.327 e. The van der Waals surface area contributed by atoms with Crippen molar-refractivity contribution in [1.82, 2.24) is 14.6 Å². The fourth-order valence-electron chi connectivity index (χ4n) is 3.50. The molecule has 3 aromatic heterocycles. The monoisotopic (exact) mass is 344 g/mol. The molecule has 5 rings (SSSR count). The summed E-state index contributed by atoms with van der Waals surface area (Å²) in [4.78, 5) is 4.11. The fraction of sp³-hybridized carbons (Fsp3) is 0.143. The van der Waals surface area contributed by atoms with Gasteiger partial charge < -0.3 is 5.73 Å². The van der Waals surface area contributed by atoms with E-state index >= 15 is 0 Å². The molecule has 4 nitrogen and oxygen atoms in total. The Kier molecular flexibility index (Phi) is 3.36. The molecule has 0 bridgehead atoms. The van der Waals surface area contributed by atoms with Gasteiger partial charge in [-0.2, -0.15) is 5.10 Å². The first-order valence-corrected chi connectivity index (χ1v) is 8.65. The molecule has 26 heavy (non-hydrogen) atoms. The van der Waals surface area contributed by atoms with Crippen LogP contribution in [0.15, 0.2) is 67.1 Å². The summed E-state index contributed by atoms with van der Waals surface area (Å²) in [6, 6.07) is 14.9. The van der Waals surface area contributed by atoms with Crippen molar-refractivity contribution in [3.05, 3.63) is 78.5 Å². The molecular formula is C21H17FN4. The standard InChI is InChI=1S/C21H17FN4/c22-16-4-1-14(2-5-16)21-20(13-7-9-24-10-8-13)19-6-3-15(12-26(19)25-21)17-11-18(17)23/h1-10,12,17-18H,11,23H2. The van der Waals surface area contributed by atoms with E-state index in [4.69, 9.17) is 10.8 Å². The molecule has 5 heteroatoms. The summed E-state index contributed by atoms with van der Waals surface area (Å²) in [7, 11) is 0. The van der Waals surface area contributed by atoms with E-state index in [1.165, 1.54) is 17.7 Å². The quantitative estimate of drug-likeness (QED) is 0.611. The van der Waals surface area contributed by atoms with Crippen LogP contribution in [0.25, 0.3) is 27.9 Å². The van der Waals surface area contributed by atoms with Crippen molar-refractivity contribution in [2.75, 3.05) is 0 Å². The van der Waals surface area contributed by atoms with Gasteiger partial charge in [0.1, 0.15) is 11.5 Å². The van der Waals surface area contributed by atoms with Crippen LogP contribution in [0, 0.1) is 5.82 Å². The lowest BCUT2D eigenvalue weighted by molar-refractivity contribution is 0.628. The molecule has 0 aliphatic heterocycles. The topological polar surface area (TPSA) is 56.2 Å². The van der Waals surface area contributed by atoms with Crippen LogP contribution >= 0.6 is 0 Å². The molecule has 128 valence electrons. The number of benzene rings is 1. The second-order valence-corrected chi connectivity index (χ2v) is 6.76. The summed E-state index contributed by atoms with van der Waals surface area (Å²) < 4.78 is 15.3. The third-order valence-corrected chi connectivity index (χ3v) is 5.01. The minimum Gasteiger partial charge on any atom is -0.327 e. The zero-order valence-electron chi connectivity index (χ0n) is 14.0. The molecule has 2 unspecified atom stereocenters. The van der Waals surface area contributed by atoms with E-state index < -0.39 is 0 Å². The van der Waals surface area contributed by atoms with E-state index in [0.29, 0.717) is 5.92 Å². The maximum atomic E-state index is 13.4. The number of nitrogens with two attached hydrogens (primary N) is 1. The van der Waals surface area contributed by atoms with Crippen molar-refractivity contribution in [1.29, 1.82) is 0 Å². The Labute approximate surface area is 150 Å². The van der Waals surface area contributed by atoms with Gasteiger partial charge in [0.25, 0.3) is 0 Å². The molecule has 1 aliphatic carbocycles. The highest BCUT2D eigenvalue weighted by Gasteiger charge is 2.35. The van der Waals surface area contributed by atoms with Crippen molar-refractivity contribution in [2.24, 2.45) is 5.73 Å². The molecule has 1 aliphatic rings. The number of rotatable bonds is 3. The summed E-state index contributed by atoms with van der Waals surface area (Å²) in [5.74, 6) is 0.162. The van der Waals surface area contributed by atoms with E-state index in [0.717, 1.165) is 34.3 Å². The van der Waals surface area contributed by atoms with Gasteiger partial charge in [0, 0.05) is 41.7 Å². The highest BCUT2D eigenvalue weighted by Crippen LogP contribution is 2.40. The number of nitrogens with zero attached hydrogens (tertiary/aromatic N) is 3. The molecule has 0 spiro atoms. The Morgan fingerprint density at radius 1 is 0.962 bits per heavy atom. The minimum absolute atomic E-state index is 0.249. The molecule has 1 fully saturated rings. The normalized spacial score (nSPS) is 19.0. The maximum absolute atomic E-state index is 13.4. The van der Waals surface area contributed by atoms with Gasteiger partial charge in [0.05, 0.1) is 5.52 Å². The number of hydrogen-bond donors (Lipinski definition) is 1. The molecule has 2 N–H and O–H groups in total. The first-order chi connectivity index (χ1) is 12.7. The zero-order valence-corrected chi connectivity index (χ0v) is 14.0. The molecular weight excluding hydrogens is 327 g/mol. The molecule has 2 atom stereocenters. The van der Waals surface area contributed by atoms with Crippen molar-refractivity contribution >= 4 is 5.52 Å². The van der Waals surface area contributed by atoms with Crippen molar-refractivity contribution in [3.63, 3.8) is 0 Å². The second kappa shape index (κ2) is 5.75. The summed E-state index contributed by atoms with van der Waals surface area (Å²) in [6.45, 7) is 0. The van der Waals surface area contributed by atoms with Crippen LogP contribution < -0.4 is 5.73 Å². The van der Waals surface area contributed by atoms with Gasteiger partial charge in [-0.15, -0.1) is 0 Å². The predicted octanol–water partition coefficient (Wildman–Crippen LogP) is 4.02. The van der Waals surface area contributed by atoms with Gasteiger partial charge >= 0.3 is 0 Å². The van der Waals surface area contributed by atoms with Crippen LogP contribution in [0.3, 0.4) is 0 Å². The summed E-state index contributed by atoms with van der Waals surface area (Å²) in [6.07, 6.45) is 6.62. The second-order valence-electron chi connectivity index (χ2n) is 6.76. The lowest BCUT2D eigenvalue weighted by Gasteiger charge is -2.04. The molecule has 4 aromatic rings. The fourth-order valence-corrected chi connectivity index (χ4v) is 3.50. The van der Waals surface area contributed by atoms with Crippen molar-refractivity contribution < 1.29 is 4.39 Å². The molecule has 3 heterocycles. The van der Waals surface area contributed by atoms with E-state index in [2.05, 4.69) is 23.3 Å². The molecule has 1 saturated carbocycles. The smallest absolute Gasteiger partial charge is 0.123 e. The number of fused-ring (bicyclic) bond motifs is 1. The zero-order chi connectivity index (χ0) is 17.7. The Balaban J connectivity index is 1.75. The number of pyridine rings is 2. The Hall–Kier alpha value is -3.05. The van der Waals surface area contributed by atoms with Crippen LogP contribution in [0.1, 0.15) is 17.9 Å². The Morgan fingerprint density at radius 3 is 2.38 bits per heavy atom. The van der Waals surface area contributed by atoms with Gasteiger partial charge in [-0.25, -0.2) is 8.91 Å². The van der Waals surface area contributed by atoms with E-state index in [-0.39, 0.29) is 11.9 Å². The average Bonchev–Trinajstić information content (AvgIpc) is 3.28. The summed E-state index contributed by atoms with van der Waals surface area (Å²) >= 11 is 0. The Morgan fingerprint density at radius 2 is 1.69 bits per heavy atom. The molecule has 0 amide bonds. The van der Waals surface area contributed by atoms with E-state index in [1.54, 1.807) is 24.5 Å². The molecule has 0 radical (unpaired) electrons. The lowest BCUT2D eigenvalue weighted by Crippen LogP contribution is -2.01. The first-order valence-electron chi connectivity index (χ1n) is 8.65. The average molecular weight is 344 g/mol. The van der Waals surface area contributed by atoms with Crippen molar-refractivity contribution in [2.45, 2.75) is 18.4 Å². The third-order valence-electron chi connectivity index (χ3n) is 5.01. The predicted molar refractivity (Wildman–Crippen MR) is 99.2 cm³/mol. The van der Waals surface area contributed by atoms with Gasteiger partial charge in [0.15, 0.2) is 0 Å². The molecule has 0 saturated heterocycles. The minimum atomic E-state index is -0.256. The maximum Gasteiger partial charge on any atom is 0.123 e. The van der Waals surface area contributed by atoms with Gasteiger partial charge in [0.2, 0.25) is 0 Å². The van der Waals surface area contributed by atoms with Crippen LogP contribution in [0.4, 0.5) is 4.39 Å². The Bertz CT molecular complexity index is 1090. The van der Waals surface area contributed by atoms with Gasteiger partial charge in [-0.1, -0.05) is 6.07 Å². The first kappa shape index (κ1) is 15.2. The lowest BCUT2D eigenvalue weighted by atomic mass is 10.0. The van der Waals surface area contributed by atoms with E-state index in [9.17, 15) is 4.39 Å². The van der Waals surface area contributed by atoms with E-state index in [1.807, 2.05) is 16.6 Å². The highest BCUT2D eigenvalue weighted by atomic mass is 19.1. The summed E-state index contributed by atoms with van der Waals surface area (Å²) in [5, 5.41) is 4.82. The SMILES string of the molecule is NC1CC1c1ccc2c(-c3ccncc3)c(-c3ccc(F)cc3)nn2c1. The molecule has 1 aromatic carbocycles. The van der Waals surface area contributed by atoms with Crippen LogP contribution in [0.5, 0.6) is 0 Å². The van der Waals surface area contributed by atoms with Gasteiger partial charge in [-0.3, -0.25) is 4.98 Å². The third kappa shape index (κ3) is 2.48. The van der Waals surface area contributed by atoms with Crippen molar-refractivity contribution in [3.8, 4) is 22.4 Å². The van der Waals surface area contributed by atoms with Gasteiger partial charge in [-0.05, 0) is 60.0 Å². The number of halogens is 1. The van der Waals surface area contributed by atoms with Crippen LogP contribution in [0.2, 0.25) is 0 Å². The van der Waals surface area contributed by atoms with Crippen LogP contribution in [-0.2, 0) is 0 Å². The highest BCUT2D eigenvalue weighted by molar-refractivity contribution is 5.92. The van der Waals surface area contributed by atoms with Crippen LogP contribution in [-0.4, -0.2) is 20.6 Å². The summed E-state index contributed by atoms with van der Waals surface area (Å²) in [5.41, 5.74) is 12.0.